The van der Waals surface area contributed by atoms with Crippen molar-refractivity contribution in [1.82, 2.24) is 10.6 Å². The van der Waals surface area contributed by atoms with E-state index in [9.17, 15) is 4.79 Å². The van der Waals surface area contributed by atoms with E-state index in [0.717, 1.165) is 24.8 Å². The lowest BCUT2D eigenvalue weighted by Crippen LogP contribution is -2.51. The van der Waals surface area contributed by atoms with E-state index in [2.05, 4.69) is 17.6 Å². The topological polar surface area (TPSA) is 41.1 Å². The first kappa shape index (κ1) is 16.8. The molecule has 3 unspecified atom stereocenters. The van der Waals surface area contributed by atoms with Crippen LogP contribution in [0.1, 0.15) is 78.1 Å². The molecule has 3 heteroatoms. The summed E-state index contributed by atoms with van der Waals surface area (Å²) in [6.45, 7) is 4.91. The Balaban J connectivity index is 1.87. The zero-order chi connectivity index (χ0) is 15.1. The largest absolute Gasteiger partial charge is 0.355 e. The van der Waals surface area contributed by atoms with Crippen LogP contribution in [0.2, 0.25) is 0 Å². The molecule has 0 aromatic rings. The third kappa shape index (κ3) is 4.98. The van der Waals surface area contributed by atoms with Crippen molar-refractivity contribution in [1.29, 1.82) is 0 Å². The molecule has 2 aliphatic carbocycles. The maximum atomic E-state index is 12.1. The summed E-state index contributed by atoms with van der Waals surface area (Å²) in [6, 6.07) is 0.509. The molecular weight excluding hydrogens is 260 g/mol. The number of carbonyl (C=O) groups excluding carboxylic acids is 1. The molecule has 2 fully saturated rings. The van der Waals surface area contributed by atoms with Gasteiger partial charge < -0.3 is 10.6 Å². The van der Waals surface area contributed by atoms with E-state index in [1.54, 1.807) is 0 Å². The fraction of sp³-hybridized carbons (Fsp3) is 0.944. The zero-order valence-corrected chi connectivity index (χ0v) is 14.0. The van der Waals surface area contributed by atoms with Gasteiger partial charge in [0.25, 0.3) is 0 Å². The zero-order valence-electron chi connectivity index (χ0n) is 14.0. The Labute approximate surface area is 130 Å². The second kappa shape index (κ2) is 8.77. The lowest BCUT2D eigenvalue weighted by atomic mass is 9.71. The first-order valence-electron chi connectivity index (χ1n) is 9.26. The molecule has 0 heterocycles. The predicted molar refractivity (Wildman–Crippen MR) is 88.2 cm³/mol. The number of amides is 1. The van der Waals surface area contributed by atoms with Crippen molar-refractivity contribution >= 4 is 5.91 Å². The van der Waals surface area contributed by atoms with Crippen LogP contribution in [0.4, 0.5) is 0 Å². The summed E-state index contributed by atoms with van der Waals surface area (Å²) in [6.07, 6.45) is 13.4. The molecule has 0 radical (unpaired) electrons. The Bertz CT molecular complexity index is 312. The summed E-state index contributed by atoms with van der Waals surface area (Å²) < 4.78 is 0. The van der Waals surface area contributed by atoms with Crippen molar-refractivity contribution in [3.63, 3.8) is 0 Å². The Morgan fingerprint density at radius 2 is 1.71 bits per heavy atom. The van der Waals surface area contributed by atoms with Crippen LogP contribution in [0.3, 0.4) is 0 Å². The van der Waals surface area contributed by atoms with Crippen molar-refractivity contribution in [2.75, 3.05) is 6.54 Å². The van der Waals surface area contributed by atoms with E-state index in [1.165, 1.54) is 57.8 Å². The highest BCUT2D eigenvalue weighted by molar-refractivity contribution is 5.81. The van der Waals surface area contributed by atoms with E-state index < -0.39 is 0 Å². The average molecular weight is 294 g/mol. The van der Waals surface area contributed by atoms with E-state index in [0.29, 0.717) is 6.04 Å². The molecule has 0 aromatic carbocycles. The molecule has 0 bridgehead atoms. The van der Waals surface area contributed by atoms with Crippen LogP contribution in [0.5, 0.6) is 0 Å². The third-order valence-electron chi connectivity index (χ3n) is 5.48. The molecule has 2 saturated carbocycles. The van der Waals surface area contributed by atoms with Gasteiger partial charge in [0.1, 0.15) is 0 Å². The van der Waals surface area contributed by atoms with Gasteiger partial charge in [0, 0.05) is 12.6 Å². The molecule has 3 atom stereocenters. The van der Waals surface area contributed by atoms with Gasteiger partial charge in [-0.3, -0.25) is 4.79 Å². The Kier molecular flexibility index (Phi) is 7.01. The maximum absolute atomic E-state index is 12.1. The number of hydrogen-bond donors (Lipinski definition) is 2. The minimum Gasteiger partial charge on any atom is -0.355 e. The summed E-state index contributed by atoms with van der Waals surface area (Å²) >= 11 is 0. The van der Waals surface area contributed by atoms with E-state index in [-0.39, 0.29) is 11.9 Å². The van der Waals surface area contributed by atoms with Crippen LogP contribution < -0.4 is 10.6 Å². The summed E-state index contributed by atoms with van der Waals surface area (Å²) in [4.78, 5) is 12.1. The van der Waals surface area contributed by atoms with Gasteiger partial charge in [-0.1, -0.05) is 51.9 Å². The molecule has 0 spiro atoms. The molecule has 0 aromatic heterocycles. The van der Waals surface area contributed by atoms with E-state index in [1.807, 2.05) is 6.92 Å². The van der Waals surface area contributed by atoms with Gasteiger partial charge in [0.15, 0.2) is 0 Å². The van der Waals surface area contributed by atoms with Crippen molar-refractivity contribution in [3.8, 4) is 0 Å². The quantitative estimate of drug-likeness (QED) is 0.785. The molecule has 2 aliphatic rings. The highest BCUT2D eigenvalue weighted by Crippen LogP contribution is 2.38. The summed E-state index contributed by atoms with van der Waals surface area (Å²) in [5, 5.41) is 6.68. The number of hydrogen-bond acceptors (Lipinski definition) is 2. The van der Waals surface area contributed by atoms with Gasteiger partial charge in [0.05, 0.1) is 6.04 Å². The fourth-order valence-corrected chi connectivity index (χ4v) is 4.29. The minimum atomic E-state index is -0.0502. The normalized spacial score (nSPS) is 29.0. The molecular formula is C18H34N2O. The molecule has 1 amide bonds. The summed E-state index contributed by atoms with van der Waals surface area (Å²) in [5.41, 5.74) is 0. The number of carbonyl (C=O) groups is 1. The standard InChI is InChI=1S/C18H34N2O/c1-3-13-19-18(21)14(2)20-17-12-8-7-11-16(17)15-9-5-4-6-10-15/h14-17,20H,3-13H2,1-2H3,(H,19,21). The Hall–Kier alpha value is -0.570. The maximum Gasteiger partial charge on any atom is 0.236 e. The molecule has 2 N–H and O–H groups in total. The van der Waals surface area contributed by atoms with Gasteiger partial charge in [-0.2, -0.15) is 0 Å². The van der Waals surface area contributed by atoms with Crippen LogP contribution in [0, 0.1) is 11.8 Å². The first-order valence-corrected chi connectivity index (χ1v) is 9.26. The first-order chi connectivity index (χ1) is 10.2. The van der Waals surface area contributed by atoms with Crippen LogP contribution in [0.15, 0.2) is 0 Å². The minimum absolute atomic E-state index is 0.0502. The van der Waals surface area contributed by atoms with Crippen molar-refractivity contribution < 1.29 is 4.79 Å². The lowest BCUT2D eigenvalue weighted by Gasteiger charge is -2.40. The van der Waals surface area contributed by atoms with Gasteiger partial charge in [-0.25, -0.2) is 0 Å². The monoisotopic (exact) mass is 294 g/mol. The fourth-order valence-electron chi connectivity index (χ4n) is 4.29. The summed E-state index contributed by atoms with van der Waals surface area (Å²) in [7, 11) is 0. The van der Waals surface area contributed by atoms with Crippen LogP contribution in [-0.2, 0) is 4.79 Å². The molecule has 3 nitrogen and oxygen atoms in total. The number of nitrogens with one attached hydrogen (secondary N) is 2. The average Bonchev–Trinajstić information content (AvgIpc) is 2.54. The van der Waals surface area contributed by atoms with Gasteiger partial charge in [-0.05, 0) is 38.0 Å². The van der Waals surface area contributed by atoms with E-state index >= 15 is 0 Å². The SMILES string of the molecule is CCCNC(=O)C(C)NC1CCCCC1C1CCCCC1. The second-order valence-electron chi connectivity index (χ2n) is 7.13. The third-order valence-corrected chi connectivity index (χ3v) is 5.48. The highest BCUT2D eigenvalue weighted by atomic mass is 16.2. The summed E-state index contributed by atoms with van der Waals surface area (Å²) in [5.74, 6) is 1.88. The molecule has 122 valence electrons. The Morgan fingerprint density at radius 1 is 1.05 bits per heavy atom. The van der Waals surface area contributed by atoms with Crippen molar-refractivity contribution in [3.05, 3.63) is 0 Å². The van der Waals surface area contributed by atoms with Gasteiger partial charge in [-0.15, -0.1) is 0 Å². The molecule has 0 saturated heterocycles. The van der Waals surface area contributed by atoms with Crippen molar-refractivity contribution in [2.45, 2.75) is 90.1 Å². The number of rotatable bonds is 6. The molecule has 21 heavy (non-hydrogen) atoms. The second-order valence-corrected chi connectivity index (χ2v) is 7.13. The molecule has 2 rings (SSSR count). The smallest absolute Gasteiger partial charge is 0.236 e. The van der Waals surface area contributed by atoms with Crippen LogP contribution >= 0.6 is 0 Å². The predicted octanol–water partition coefficient (Wildman–Crippen LogP) is 3.63. The highest BCUT2D eigenvalue weighted by Gasteiger charge is 2.33. The van der Waals surface area contributed by atoms with Crippen LogP contribution in [0.25, 0.3) is 0 Å². The van der Waals surface area contributed by atoms with Crippen molar-refractivity contribution in [2.24, 2.45) is 11.8 Å². The van der Waals surface area contributed by atoms with Gasteiger partial charge >= 0.3 is 0 Å². The lowest BCUT2D eigenvalue weighted by molar-refractivity contribution is -0.123. The molecule has 0 aliphatic heterocycles. The van der Waals surface area contributed by atoms with Crippen LogP contribution in [-0.4, -0.2) is 24.5 Å². The van der Waals surface area contributed by atoms with Gasteiger partial charge in [0.2, 0.25) is 5.91 Å². The van der Waals surface area contributed by atoms with E-state index in [4.69, 9.17) is 0 Å². The Morgan fingerprint density at radius 3 is 2.43 bits per heavy atom.